The lowest BCUT2D eigenvalue weighted by Crippen LogP contribution is -2.23. The molecule has 0 saturated carbocycles. The van der Waals surface area contributed by atoms with E-state index in [4.69, 9.17) is 4.74 Å². The second-order valence-electron chi connectivity index (χ2n) is 5.04. The predicted octanol–water partition coefficient (Wildman–Crippen LogP) is 1.91. The van der Waals surface area contributed by atoms with Crippen LogP contribution in [0.1, 0.15) is 16.1 Å². The minimum Gasteiger partial charge on any atom is -0.504 e. The fourth-order valence-corrected chi connectivity index (χ4v) is 2.16. The van der Waals surface area contributed by atoms with Crippen molar-refractivity contribution in [2.24, 2.45) is 0 Å². The molecule has 0 atom stereocenters. The van der Waals surface area contributed by atoms with Crippen LogP contribution < -0.4 is 10.1 Å². The van der Waals surface area contributed by atoms with Crippen LogP contribution in [0.25, 0.3) is 5.69 Å². The van der Waals surface area contributed by atoms with Gasteiger partial charge in [-0.1, -0.05) is 24.3 Å². The number of nitrogens with zero attached hydrogens (tertiary/aromatic N) is 3. The second-order valence-corrected chi connectivity index (χ2v) is 5.04. The zero-order valence-electron chi connectivity index (χ0n) is 13.0. The van der Waals surface area contributed by atoms with Crippen LogP contribution in [0.3, 0.4) is 0 Å². The molecule has 0 spiro atoms. The molecule has 2 aromatic carbocycles. The topological polar surface area (TPSA) is 89.3 Å². The first-order valence-electron chi connectivity index (χ1n) is 7.29. The van der Waals surface area contributed by atoms with Crippen LogP contribution in [-0.2, 0) is 6.54 Å². The Morgan fingerprint density at radius 3 is 2.79 bits per heavy atom. The van der Waals surface area contributed by atoms with E-state index in [2.05, 4.69) is 15.5 Å². The van der Waals surface area contributed by atoms with Crippen LogP contribution in [-0.4, -0.2) is 33.1 Å². The largest absolute Gasteiger partial charge is 0.504 e. The third-order valence-corrected chi connectivity index (χ3v) is 3.41. The van der Waals surface area contributed by atoms with E-state index in [0.717, 1.165) is 11.3 Å². The van der Waals surface area contributed by atoms with Crippen molar-refractivity contribution in [3.8, 4) is 17.2 Å². The highest BCUT2D eigenvalue weighted by Gasteiger charge is 2.11. The highest BCUT2D eigenvalue weighted by molar-refractivity contribution is 5.91. The fraction of sp³-hybridized carbons (Fsp3) is 0.118. The van der Waals surface area contributed by atoms with Crippen molar-refractivity contribution >= 4 is 5.91 Å². The number of carbonyl (C=O) groups is 1. The number of phenolic OH excluding ortho intramolecular Hbond substituents is 1. The van der Waals surface area contributed by atoms with Crippen LogP contribution in [0.4, 0.5) is 0 Å². The summed E-state index contributed by atoms with van der Waals surface area (Å²) in [5.74, 6) is 0.0828. The summed E-state index contributed by atoms with van der Waals surface area (Å²) < 4.78 is 5.04. The van der Waals surface area contributed by atoms with E-state index in [1.165, 1.54) is 24.2 Å². The molecular weight excluding hydrogens is 308 g/mol. The number of hydrogen-bond donors (Lipinski definition) is 2. The highest BCUT2D eigenvalue weighted by Crippen LogP contribution is 2.26. The number of methoxy groups -OCH3 is 1. The predicted molar refractivity (Wildman–Crippen MR) is 87.2 cm³/mol. The van der Waals surface area contributed by atoms with Crippen molar-refractivity contribution in [3.63, 3.8) is 0 Å². The Labute approximate surface area is 138 Å². The van der Waals surface area contributed by atoms with Crippen molar-refractivity contribution < 1.29 is 14.6 Å². The quantitative estimate of drug-likeness (QED) is 0.748. The van der Waals surface area contributed by atoms with Crippen LogP contribution >= 0.6 is 0 Å². The van der Waals surface area contributed by atoms with Gasteiger partial charge in [-0.3, -0.25) is 4.79 Å². The van der Waals surface area contributed by atoms with Crippen molar-refractivity contribution in [3.05, 3.63) is 66.0 Å². The number of aromatic nitrogens is 3. The molecule has 0 saturated heterocycles. The molecule has 0 fully saturated rings. The molecule has 7 nitrogen and oxygen atoms in total. The summed E-state index contributed by atoms with van der Waals surface area (Å²) in [6.45, 7) is 0.285. The Bertz CT molecular complexity index is 846. The molecule has 1 amide bonds. The Morgan fingerprint density at radius 2 is 2.04 bits per heavy atom. The molecule has 0 aliphatic heterocycles. The van der Waals surface area contributed by atoms with Gasteiger partial charge in [-0.2, -0.15) is 9.90 Å². The number of ether oxygens (including phenoxy) is 1. The Balaban J connectivity index is 1.67. The zero-order valence-corrected chi connectivity index (χ0v) is 13.0. The van der Waals surface area contributed by atoms with Gasteiger partial charge in [-0.25, -0.2) is 0 Å². The Morgan fingerprint density at radius 1 is 1.25 bits per heavy atom. The van der Waals surface area contributed by atoms with Crippen LogP contribution in [0.15, 0.2) is 54.7 Å². The molecule has 0 unspecified atom stereocenters. The van der Waals surface area contributed by atoms with Gasteiger partial charge in [0.25, 0.3) is 5.91 Å². The molecule has 0 aliphatic carbocycles. The lowest BCUT2D eigenvalue weighted by atomic mass is 10.2. The Hall–Kier alpha value is -3.35. The van der Waals surface area contributed by atoms with Gasteiger partial charge in [0.1, 0.15) is 0 Å². The number of nitrogens with one attached hydrogen (secondary N) is 1. The first-order valence-corrected chi connectivity index (χ1v) is 7.29. The van der Waals surface area contributed by atoms with Gasteiger partial charge < -0.3 is 15.2 Å². The first-order chi connectivity index (χ1) is 11.7. The van der Waals surface area contributed by atoms with Crippen LogP contribution in [0.2, 0.25) is 0 Å². The van der Waals surface area contributed by atoms with Crippen molar-refractivity contribution in [2.45, 2.75) is 6.54 Å². The summed E-state index contributed by atoms with van der Waals surface area (Å²) in [4.78, 5) is 13.6. The zero-order chi connectivity index (χ0) is 16.9. The molecule has 1 heterocycles. The van der Waals surface area contributed by atoms with Crippen LogP contribution in [0, 0.1) is 0 Å². The maximum absolute atomic E-state index is 12.2. The molecule has 2 N–H and O–H groups in total. The van der Waals surface area contributed by atoms with Gasteiger partial charge >= 0.3 is 0 Å². The maximum Gasteiger partial charge on any atom is 0.273 e. The molecule has 24 heavy (non-hydrogen) atoms. The standard InChI is InChI=1S/C17H16N4O3/c1-24-16-9-12(7-8-15(16)22)10-18-17(23)14-11-19-21(20-14)13-5-3-2-4-6-13/h2-9,11,22H,10H2,1H3,(H,18,23). The number of hydrogen-bond acceptors (Lipinski definition) is 5. The highest BCUT2D eigenvalue weighted by atomic mass is 16.5. The smallest absolute Gasteiger partial charge is 0.273 e. The average molecular weight is 324 g/mol. The molecule has 0 aliphatic rings. The van der Waals surface area contributed by atoms with E-state index in [-0.39, 0.29) is 23.9 Å². The van der Waals surface area contributed by atoms with Crippen molar-refractivity contribution in [1.29, 1.82) is 0 Å². The molecule has 7 heteroatoms. The van der Waals surface area contributed by atoms with Crippen molar-refractivity contribution in [1.82, 2.24) is 20.3 Å². The van der Waals surface area contributed by atoms with E-state index in [0.29, 0.717) is 5.75 Å². The average Bonchev–Trinajstić information content (AvgIpc) is 3.12. The van der Waals surface area contributed by atoms with E-state index in [1.54, 1.807) is 12.1 Å². The third kappa shape index (κ3) is 3.35. The lowest BCUT2D eigenvalue weighted by molar-refractivity contribution is 0.0945. The number of aromatic hydroxyl groups is 1. The molecule has 3 aromatic rings. The fourth-order valence-electron chi connectivity index (χ4n) is 2.16. The summed E-state index contributed by atoms with van der Waals surface area (Å²) in [6.07, 6.45) is 1.42. The van der Waals surface area contributed by atoms with E-state index in [1.807, 2.05) is 30.3 Å². The third-order valence-electron chi connectivity index (χ3n) is 3.41. The molecule has 122 valence electrons. The number of benzene rings is 2. The van der Waals surface area contributed by atoms with E-state index < -0.39 is 0 Å². The van der Waals surface area contributed by atoms with Crippen LogP contribution in [0.5, 0.6) is 11.5 Å². The van der Waals surface area contributed by atoms with E-state index >= 15 is 0 Å². The second kappa shape index (κ2) is 6.82. The van der Waals surface area contributed by atoms with E-state index in [9.17, 15) is 9.90 Å². The van der Waals surface area contributed by atoms with Crippen molar-refractivity contribution in [2.75, 3.05) is 7.11 Å². The summed E-state index contributed by atoms with van der Waals surface area (Å²) in [5, 5.41) is 20.6. The number of para-hydroxylation sites is 1. The normalized spacial score (nSPS) is 10.4. The van der Waals surface area contributed by atoms with Gasteiger partial charge in [0.2, 0.25) is 0 Å². The molecule has 3 rings (SSSR count). The van der Waals surface area contributed by atoms with Gasteiger partial charge in [0.15, 0.2) is 17.2 Å². The Kier molecular flexibility index (Phi) is 4.42. The SMILES string of the molecule is COc1cc(CNC(=O)c2cnn(-c3ccccc3)n2)ccc1O. The molecular formula is C17H16N4O3. The summed E-state index contributed by atoms with van der Waals surface area (Å²) in [6, 6.07) is 14.2. The summed E-state index contributed by atoms with van der Waals surface area (Å²) in [5.41, 5.74) is 1.80. The van der Waals surface area contributed by atoms with Gasteiger partial charge in [0.05, 0.1) is 19.0 Å². The monoisotopic (exact) mass is 324 g/mol. The number of phenols is 1. The summed E-state index contributed by atoms with van der Waals surface area (Å²) >= 11 is 0. The maximum atomic E-state index is 12.2. The number of amides is 1. The number of rotatable bonds is 5. The minimum absolute atomic E-state index is 0.0541. The first kappa shape index (κ1) is 15.5. The minimum atomic E-state index is -0.329. The number of carbonyl (C=O) groups excluding carboxylic acids is 1. The molecule has 1 aromatic heterocycles. The summed E-state index contributed by atoms with van der Waals surface area (Å²) in [7, 11) is 1.47. The molecule has 0 radical (unpaired) electrons. The molecule has 0 bridgehead atoms. The van der Waals surface area contributed by atoms with Gasteiger partial charge in [0, 0.05) is 6.54 Å². The van der Waals surface area contributed by atoms with Gasteiger partial charge in [-0.15, -0.1) is 5.10 Å². The van der Waals surface area contributed by atoms with Gasteiger partial charge in [-0.05, 0) is 29.8 Å². The lowest BCUT2D eigenvalue weighted by Gasteiger charge is -2.07.